The lowest BCUT2D eigenvalue weighted by atomic mass is 10.0. The fourth-order valence-corrected chi connectivity index (χ4v) is 3.15. The molecular weight excluding hydrogens is 326 g/mol. The van der Waals surface area contributed by atoms with Gasteiger partial charge in [0, 0.05) is 24.1 Å². The Kier molecular flexibility index (Phi) is 8.02. The molecule has 2 N–H and O–H groups in total. The van der Waals surface area contributed by atoms with E-state index < -0.39 is 0 Å². The Morgan fingerprint density at radius 2 is 2.32 bits per heavy atom. The summed E-state index contributed by atoms with van der Waals surface area (Å²) in [6.45, 7) is 2.92. The molecule has 1 rings (SSSR count). The van der Waals surface area contributed by atoms with Gasteiger partial charge in [-0.05, 0) is 52.9 Å². The molecule has 0 spiro atoms. The molecule has 0 saturated heterocycles. The van der Waals surface area contributed by atoms with Crippen LogP contribution in [0.2, 0.25) is 0 Å². The minimum absolute atomic E-state index is 0.0800. The first kappa shape index (κ1) is 16.4. The van der Waals surface area contributed by atoms with Crippen molar-refractivity contribution in [2.75, 3.05) is 13.2 Å². The summed E-state index contributed by atoms with van der Waals surface area (Å²) in [5.74, 6) is 0.284. The third kappa shape index (κ3) is 6.89. The van der Waals surface area contributed by atoms with Gasteiger partial charge in [0.15, 0.2) is 0 Å². The number of aliphatic hydroxyl groups excluding tert-OH is 1. The standard InChI is InChI=1S/C14H20BrNO2S/c1-2-3-11(8-9-17)10-16-14(18)7-5-12-4-6-13(15)19-12/h4-7,11,17H,2-3,8-10H2,1H3,(H,16,18)/b7-5+. The van der Waals surface area contributed by atoms with E-state index in [1.54, 1.807) is 17.4 Å². The average molecular weight is 346 g/mol. The van der Waals surface area contributed by atoms with Crippen LogP contribution in [0.4, 0.5) is 0 Å². The molecule has 1 unspecified atom stereocenters. The summed E-state index contributed by atoms with van der Waals surface area (Å²) in [5.41, 5.74) is 0. The minimum Gasteiger partial charge on any atom is -0.396 e. The second kappa shape index (κ2) is 9.28. The zero-order chi connectivity index (χ0) is 14.1. The fourth-order valence-electron chi connectivity index (χ4n) is 1.82. The number of thiophene rings is 1. The van der Waals surface area contributed by atoms with E-state index in [1.807, 2.05) is 18.2 Å². The lowest BCUT2D eigenvalue weighted by Gasteiger charge is -2.14. The molecule has 0 saturated carbocycles. The van der Waals surface area contributed by atoms with Crippen molar-refractivity contribution in [3.63, 3.8) is 0 Å². The van der Waals surface area contributed by atoms with Crippen LogP contribution in [-0.2, 0) is 4.79 Å². The number of carbonyl (C=O) groups is 1. The van der Waals surface area contributed by atoms with Crippen molar-refractivity contribution >= 4 is 39.2 Å². The molecule has 1 atom stereocenters. The van der Waals surface area contributed by atoms with E-state index in [9.17, 15) is 4.79 Å². The Morgan fingerprint density at radius 3 is 2.89 bits per heavy atom. The predicted octanol–water partition coefficient (Wildman–Crippen LogP) is 3.44. The number of carbonyl (C=O) groups excluding carboxylic acids is 1. The van der Waals surface area contributed by atoms with Crippen LogP contribution in [0.5, 0.6) is 0 Å². The van der Waals surface area contributed by atoms with E-state index in [4.69, 9.17) is 5.11 Å². The maximum Gasteiger partial charge on any atom is 0.244 e. The van der Waals surface area contributed by atoms with E-state index in [1.165, 1.54) is 0 Å². The van der Waals surface area contributed by atoms with Crippen molar-refractivity contribution in [1.82, 2.24) is 5.32 Å². The van der Waals surface area contributed by atoms with Crippen molar-refractivity contribution in [3.8, 4) is 0 Å². The van der Waals surface area contributed by atoms with Gasteiger partial charge in [-0.2, -0.15) is 0 Å². The van der Waals surface area contributed by atoms with Crippen LogP contribution < -0.4 is 5.32 Å². The van der Waals surface area contributed by atoms with E-state index in [0.717, 1.165) is 27.9 Å². The Labute approximate surface area is 126 Å². The van der Waals surface area contributed by atoms with Gasteiger partial charge in [0.1, 0.15) is 0 Å². The van der Waals surface area contributed by atoms with E-state index >= 15 is 0 Å². The topological polar surface area (TPSA) is 49.3 Å². The molecule has 0 fully saturated rings. The number of nitrogens with one attached hydrogen (secondary N) is 1. The normalized spacial score (nSPS) is 12.8. The summed E-state index contributed by atoms with van der Waals surface area (Å²) < 4.78 is 1.05. The van der Waals surface area contributed by atoms with Crippen LogP contribution in [0, 0.1) is 5.92 Å². The van der Waals surface area contributed by atoms with Crippen molar-refractivity contribution < 1.29 is 9.90 Å². The van der Waals surface area contributed by atoms with Gasteiger partial charge in [0.2, 0.25) is 5.91 Å². The van der Waals surface area contributed by atoms with Gasteiger partial charge in [-0.25, -0.2) is 0 Å². The van der Waals surface area contributed by atoms with Gasteiger partial charge in [0.05, 0.1) is 3.79 Å². The Balaban J connectivity index is 2.35. The van der Waals surface area contributed by atoms with Crippen molar-refractivity contribution in [1.29, 1.82) is 0 Å². The molecule has 0 aliphatic carbocycles. The zero-order valence-corrected chi connectivity index (χ0v) is 13.5. The Morgan fingerprint density at radius 1 is 1.53 bits per heavy atom. The Bertz CT molecular complexity index is 411. The molecule has 0 radical (unpaired) electrons. The monoisotopic (exact) mass is 345 g/mol. The van der Waals surface area contributed by atoms with Gasteiger partial charge >= 0.3 is 0 Å². The molecule has 1 aromatic heterocycles. The van der Waals surface area contributed by atoms with Crippen LogP contribution in [0.15, 0.2) is 22.0 Å². The third-order valence-electron chi connectivity index (χ3n) is 2.79. The first-order valence-electron chi connectivity index (χ1n) is 6.47. The number of halogens is 1. The lowest BCUT2D eigenvalue weighted by Crippen LogP contribution is -2.28. The quantitative estimate of drug-likeness (QED) is 0.709. The molecule has 0 aromatic carbocycles. The smallest absolute Gasteiger partial charge is 0.244 e. The molecule has 5 heteroatoms. The molecular formula is C14H20BrNO2S. The summed E-state index contributed by atoms with van der Waals surface area (Å²) >= 11 is 4.97. The van der Waals surface area contributed by atoms with Gasteiger partial charge in [0.25, 0.3) is 0 Å². The van der Waals surface area contributed by atoms with Crippen molar-refractivity contribution in [2.45, 2.75) is 26.2 Å². The van der Waals surface area contributed by atoms with E-state index in [0.29, 0.717) is 12.5 Å². The van der Waals surface area contributed by atoms with Gasteiger partial charge < -0.3 is 10.4 Å². The molecule has 19 heavy (non-hydrogen) atoms. The highest BCUT2D eigenvalue weighted by molar-refractivity contribution is 9.11. The van der Waals surface area contributed by atoms with Gasteiger partial charge in [-0.3, -0.25) is 4.79 Å². The van der Waals surface area contributed by atoms with Crippen LogP contribution in [-0.4, -0.2) is 24.2 Å². The maximum atomic E-state index is 11.7. The first-order valence-corrected chi connectivity index (χ1v) is 8.08. The fraction of sp³-hybridized carbons (Fsp3) is 0.500. The minimum atomic E-state index is -0.0800. The number of rotatable bonds is 8. The summed E-state index contributed by atoms with van der Waals surface area (Å²) in [6, 6.07) is 3.92. The average Bonchev–Trinajstić information content (AvgIpc) is 2.80. The Hall–Kier alpha value is -0.650. The van der Waals surface area contributed by atoms with Crippen molar-refractivity contribution in [3.05, 3.63) is 26.9 Å². The summed E-state index contributed by atoms with van der Waals surface area (Å²) in [7, 11) is 0. The molecule has 0 bridgehead atoms. The second-order valence-electron chi connectivity index (χ2n) is 4.39. The molecule has 1 aromatic rings. The number of amides is 1. The molecule has 3 nitrogen and oxygen atoms in total. The summed E-state index contributed by atoms with van der Waals surface area (Å²) in [6.07, 6.45) is 6.21. The van der Waals surface area contributed by atoms with Crippen LogP contribution in [0.25, 0.3) is 6.08 Å². The lowest BCUT2D eigenvalue weighted by molar-refractivity contribution is -0.116. The highest BCUT2D eigenvalue weighted by atomic mass is 79.9. The number of hydrogen-bond acceptors (Lipinski definition) is 3. The predicted molar refractivity (Wildman–Crippen MR) is 84.2 cm³/mol. The molecule has 0 aliphatic heterocycles. The summed E-state index contributed by atoms with van der Waals surface area (Å²) in [5, 5.41) is 11.8. The van der Waals surface area contributed by atoms with E-state index in [2.05, 4.69) is 28.2 Å². The molecule has 106 valence electrons. The highest BCUT2D eigenvalue weighted by Crippen LogP contribution is 2.22. The molecule has 0 aliphatic rings. The zero-order valence-electron chi connectivity index (χ0n) is 11.1. The summed E-state index contributed by atoms with van der Waals surface area (Å²) in [4.78, 5) is 12.7. The largest absolute Gasteiger partial charge is 0.396 e. The molecule has 1 amide bonds. The van der Waals surface area contributed by atoms with Crippen LogP contribution in [0.1, 0.15) is 31.1 Å². The SMILES string of the molecule is CCCC(CCO)CNC(=O)/C=C/c1ccc(Br)s1. The van der Waals surface area contributed by atoms with Gasteiger partial charge in [-0.15, -0.1) is 11.3 Å². The highest BCUT2D eigenvalue weighted by Gasteiger charge is 2.07. The third-order valence-corrected chi connectivity index (χ3v) is 4.38. The second-order valence-corrected chi connectivity index (χ2v) is 6.88. The first-order chi connectivity index (χ1) is 9.15. The van der Waals surface area contributed by atoms with Crippen LogP contribution >= 0.6 is 27.3 Å². The number of aliphatic hydroxyl groups is 1. The van der Waals surface area contributed by atoms with Crippen molar-refractivity contribution in [2.24, 2.45) is 5.92 Å². The van der Waals surface area contributed by atoms with Gasteiger partial charge in [-0.1, -0.05) is 13.3 Å². The maximum absolute atomic E-state index is 11.7. The van der Waals surface area contributed by atoms with E-state index in [-0.39, 0.29) is 12.5 Å². The molecule has 1 heterocycles. The van der Waals surface area contributed by atoms with Crippen LogP contribution in [0.3, 0.4) is 0 Å². The number of hydrogen-bond donors (Lipinski definition) is 2.